The molecule has 0 aliphatic heterocycles. The molecule has 0 bridgehead atoms. The van der Waals surface area contributed by atoms with Gasteiger partial charge in [-0.05, 0) is 61.7 Å². The van der Waals surface area contributed by atoms with Gasteiger partial charge in [0.25, 0.3) is 0 Å². The number of nitrogens with zero attached hydrogens (tertiary/aromatic N) is 2. The smallest absolute Gasteiger partial charge is 0.416 e. The highest BCUT2D eigenvalue weighted by Gasteiger charge is 2.30. The Hall–Kier alpha value is -2.50. The molecule has 0 saturated carbocycles. The number of hydrogen-bond acceptors (Lipinski definition) is 2. The number of rotatable bonds is 6. The van der Waals surface area contributed by atoms with Gasteiger partial charge in [-0.1, -0.05) is 12.1 Å². The Kier molecular flexibility index (Phi) is 6.29. The molecule has 2 rings (SSSR count). The molecule has 0 spiro atoms. The summed E-state index contributed by atoms with van der Waals surface area (Å²) in [7, 11) is 1.94. The van der Waals surface area contributed by atoms with Gasteiger partial charge in [-0.3, -0.25) is 0 Å². The molecule has 0 atom stereocenters. The Balaban J connectivity index is 2.13. The lowest BCUT2D eigenvalue weighted by Gasteiger charge is -2.14. The van der Waals surface area contributed by atoms with Crippen LogP contribution in [0.3, 0.4) is 0 Å². The molecule has 0 aromatic heterocycles. The minimum absolute atomic E-state index is 0.0748. The molecule has 0 unspecified atom stereocenters. The van der Waals surface area contributed by atoms with E-state index in [1.54, 1.807) is 12.4 Å². The zero-order chi connectivity index (χ0) is 19.3. The topological polar surface area (TPSA) is 24.8 Å². The summed E-state index contributed by atoms with van der Waals surface area (Å²) in [6.45, 7) is 6.79. The third-order valence-corrected chi connectivity index (χ3v) is 4.03. The molecule has 140 valence electrons. The van der Waals surface area contributed by atoms with Crippen LogP contribution in [0, 0.1) is 13.8 Å². The monoisotopic (exact) mass is 364 g/mol. The summed E-state index contributed by atoms with van der Waals surface area (Å²) in [5.41, 5.74) is 2.47. The SMILES string of the molecule is CCN(C)/C=N\c1cc(C)c(OCc2cccc(C(F)(F)F)c2)cc1C. The van der Waals surface area contributed by atoms with Gasteiger partial charge in [0.1, 0.15) is 12.4 Å². The molecule has 26 heavy (non-hydrogen) atoms. The van der Waals surface area contributed by atoms with E-state index in [1.165, 1.54) is 6.07 Å². The van der Waals surface area contributed by atoms with E-state index in [9.17, 15) is 13.2 Å². The number of aliphatic imine (C=N–C) groups is 1. The van der Waals surface area contributed by atoms with Crippen molar-refractivity contribution in [1.82, 2.24) is 4.90 Å². The van der Waals surface area contributed by atoms with E-state index in [0.29, 0.717) is 11.3 Å². The van der Waals surface area contributed by atoms with Crippen molar-refractivity contribution < 1.29 is 17.9 Å². The Morgan fingerprint density at radius 2 is 1.85 bits per heavy atom. The maximum atomic E-state index is 12.8. The van der Waals surface area contributed by atoms with Gasteiger partial charge in [0.05, 0.1) is 17.6 Å². The number of ether oxygens (including phenoxy) is 1. The maximum absolute atomic E-state index is 12.8. The fourth-order valence-corrected chi connectivity index (χ4v) is 2.31. The summed E-state index contributed by atoms with van der Waals surface area (Å²) in [6.07, 6.45) is -2.58. The molecule has 6 heteroatoms. The molecule has 3 nitrogen and oxygen atoms in total. The molecular weight excluding hydrogens is 341 g/mol. The van der Waals surface area contributed by atoms with E-state index in [1.807, 2.05) is 44.9 Å². The van der Waals surface area contributed by atoms with Crippen molar-refractivity contribution in [2.75, 3.05) is 13.6 Å². The van der Waals surface area contributed by atoms with Crippen molar-refractivity contribution in [2.45, 2.75) is 33.6 Å². The summed E-state index contributed by atoms with van der Waals surface area (Å²) < 4.78 is 44.1. The first-order valence-electron chi connectivity index (χ1n) is 8.35. The molecule has 0 radical (unpaired) electrons. The van der Waals surface area contributed by atoms with Gasteiger partial charge in [-0.15, -0.1) is 0 Å². The minimum Gasteiger partial charge on any atom is -0.489 e. The number of halogens is 3. The Morgan fingerprint density at radius 1 is 1.12 bits per heavy atom. The highest BCUT2D eigenvalue weighted by molar-refractivity contribution is 5.64. The first-order chi connectivity index (χ1) is 12.2. The van der Waals surface area contributed by atoms with E-state index in [4.69, 9.17) is 4.74 Å². The average molecular weight is 364 g/mol. The second-order valence-corrected chi connectivity index (χ2v) is 6.21. The quantitative estimate of drug-likeness (QED) is 0.498. The molecule has 2 aromatic carbocycles. The molecule has 0 N–H and O–H groups in total. The zero-order valence-corrected chi connectivity index (χ0v) is 15.4. The normalized spacial score (nSPS) is 11.8. The molecule has 0 heterocycles. The fraction of sp³-hybridized carbons (Fsp3) is 0.350. The van der Waals surface area contributed by atoms with Gasteiger partial charge in [0.15, 0.2) is 0 Å². The van der Waals surface area contributed by atoms with Crippen molar-refractivity contribution in [3.8, 4) is 5.75 Å². The highest BCUT2D eigenvalue weighted by Crippen LogP contribution is 2.31. The van der Waals surface area contributed by atoms with Crippen molar-refractivity contribution in [1.29, 1.82) is 0 Å². The number of alkyl halides is 3. The summed E-state index contributed by atoms with van der Waals surface area (Å²) in [4.78, 5) is 6.42. The van der Waals surface area contributed by atoms with Crippen LogP contribution in [0.2, 0.25) is 0 Å². The van der Waals surface area contributed by atoms with Gasteiger partial charge in [0, 0.05) is 13.6 Å². The van der Waals surface area contributed by atoms with Crippen LogP contribution in [0.5, 0.6) is 5.75 Å². The van der Waals surface area contributed by atoms with Crippen LogP contribution in [-0.2, 0) is 12.8 Å². The summed E-state index contributed by atoms with van der Waals surface area (Å²) in [6, 6.07) is 8.96. The standard InChI is InChI=1S/C20H23F3N2O/c1-5-25(4)13-24-18-9-15(3)19(10-14(18)2)26-12-16-7-6-8-17(11-16)20(21,22)23/h6-11,13H,5,12H2,1-4H3/b24-13-. The summed E-state index contributed by atoms with van der Waals surface area (Å²) >= 11 is 0. The molecule has 0 aliphatic carbocycles. The highest BCUT2D eigenvalue weighted by atomic mass is 19.4. The van der Waals surface area contributed by atoms with E-state index in [0.717, 1.165) is 35.5 Å². The van der Waals surface area contributed by atoms with Crippen molar-refractivity contribution in [3.05, 3.63) is 58.7 Å². The van der Waals surface area contributed by atoms with Gasteiger partial charge in [0.2, 0.25) is 0 Å². The predicted octanol–water partition coefficient (Wildman–Crippen LogP) is 5.51. The largest absolute Gasteiger partial charge is 0.489 e. The molecule has 0 saturated heterocycles. The molecule has 0 amide bonds. The first kappa shape index (κ1) is 19.8. The van der Waals surface area contributed by atoms with Crippen LogP contribution in [0.15, 0.2) is 41.4 Å². The molecular formula is C20H23F3N2O. The third-order valence-electron chi connectivity index (χ3n) is 4.03. The Labute approximate surface area is 152 Å². The predicted molar refractivity (Wildman–Crippen MR) is 98.1 cm³/mol. The first-order valence-corrected chi connectivity index (χ1v) is 8.35. The lowest BCUT2D eigenvalue weighted by Crippen LogP contribution is -2.14. The fourth-order valence-electron chi connectivity index (χ4n) is 2.31. The molecule has 0 aliphatic rings. The Bertz CT molecular complexity index is 785. The summed E-state index contributed by atoms with van der Waals surface area (Å²) in [5, 5.41) is 0. The van der Waals surface area contributed by atoms with Crippen molar-refractivity contribution >= 4 is 12.0 Å². The number of hydrogen-bond donors (Lipinski definition) is 0. The van der Waals surface area contributed by atoms with Crippen LogP contribution < -0.4 is 4.74 Å². The minimum atomic E-state index is -4.35. The lowest BCUT2D eigenvalue weighted by molar-refractivity contribution is -0.137. The average Bonchev–Trinajstić information content (AvgIpc) is 2.60. The molecule has 2 aromatic rings. The van der Waals surface area contributed by atoms with Crippen LogP contribution in [0.1, 0.15) is 29.2 Å². The van der Waals surface area contributed by atoms with E-state index < -0.39 is 11.7 Å². The second-order valence-electron chi connectivity index (χ2n) is 6.21. The number of aryl methyl sites for hydroxylation is 2. The van der Waals surface area contributed by atoms with Crippen LogP contribution >= 0.6 is 0 Å². The van der Waals surface area contributed by atoms with Crippen molar-refractivity contribution in [3.63, 3.8) is 0 Å². The third kappa shape index (κ3) is 5.25. The van der Waals surface area contributed by atoms with E-state index >= 15 is 0 Å². The van der Waals surface area contributed by atoms with Crippen LogP contribution in [0.25, 0.3) is 0 Å². The molecule has 0 fully saturated rings. The van der Waals surface area contributed by atoms with Gasteiger partial charge < -0.3 is 9.64 Å². The summed E-state index contributed by atoms with van der Waals surface area (Å²) in [5.74, 6) is 0.641. The van der Waals surface area contributed by atoms with Crippen molar-refractivity contribution in [2.24, 2.45) is 4.99 Å². The van der Waals surface area contributed by atoms with E-state index in [-0.39, 0.29) is 6.61 Å². The van der Waals surface area contributed by atoms with Gasteiger partial charge >= 0.3 is 6.18 Å². The Morgan fingerprint density at radius 3 is 2.50 bits per heavy atom. The van der Waals surface area contributed by atoms with Gasteiger partial charge in [-0.25, -0.2) is 4.99 Å². The van der Waals surface area contributed by atoms with Crippen LogP contribution in [-0.4, -0.2) is 24.8 Å². The van der Waals surface area contributed by atoms with Crippen LogP contribution in [0.4, 0.5) is 18.9 Å². The zero-order valence-electron chi connectivity index (χ0n) is 15.4. The van der Waals surface area contributed by atoms with Gasteiger partial charge in [-0.2, -0.15) is 13.2 Å². The second kappa shape index (κ2) is 8.25. The van der Waals surface area contributed by atoms with E-state index in [2.05, 4.69) is 4.99 Å². The number of benzene rings is 2. The lowest BCUT2D eigenvalue weighted by atomic mass is 10.1. The maximum Gasteiger partial charge on any atom is 0.416 e.